The Morgan fingerprint density at radius 2 is 1.77 bits per heavy atom. The van der Waals surface area contributed by atoms with Crippen LogP contribution in [0, 0.1) is 0 Å². The molecule has 0 spiro atoms. The summed E-state index contributed by atoms with van der Waals surface area (Å²) < 4.78 is 13.4. The Labute approximate surface area is 233 Å². The number of piperazine rings is 1. The molecule has 3 aromatic heterocycles. The van der Waals surface area contributed by atoms with Crippen LogP contribution in [0.25, 0.3) is 22.3 Å². The summed E-state index contributed by atoms with van der Waals surface area (Å²) in [5.41, 5.74) is 9.66. The van der Waals surface area contributed by atoms with Crippen LogP contribution in [-0.4, -0.2) is 81.0 Å². The molecule has 0 amide bonds. The van der Waals surface area contributed by atoms with Gasteiger partial charge in [0.15, 0.2) is 5.65 Å². The molecule has 6 rings (SSSR count). The molecule has 11 nitrogen and oxygen atoms in total. The highest BCUT2D eigenvalue weighted by atomic mass is 16.5. The molecule has 212 valence electrons. The number of aliphatic hydroxyl groups excluding tert-OH is 1. The van der Waals surface area contributed by atoms with Crippen molar-refractivity contribution < 1.29 is 14.3 Å². The van der Waals surface area contributed by atoms with Gasteiger partial charge in [-0.1, -0.05) is 6.07 Å². The zero-order valence-electron chi connectivity index (χ0n) is 23.2. The van der Waals surface area contributed by atoms with E-state index in [1.165, 1.54) is 6.33 Å². The quantitative estimate of drug-likeness (QED) is 0.302. The molecule has 1 saturated heterocycles. The summed E-state index contributed by atoms with van der Waals surface area (Å²) >= 11 is 0. The summed E-state index contributed by atoms with van der Waals surface area (Å²) in [6.45, 7) is 4.95. The Morgan fingerprint density at radius 1 is 1.02 bits per heavy atom. The van der Waals surface area contributed by atoms with E-state index in [1.54, 1.807) is 13.2 Å². The number of aliphatic hydroxyl groups is 1. The standard InChI is InChI=1S/C29H38N8O3/c1-35-11-13-36(14-12-35)20-4-6-21(7-5-20)37-29-26(28(30)32-18-33-29)27(34-37)19-3-10-24(25(15-19)39-2)31-16-22-8-9-23(17-38)40-22/h3,8-10,15,18,20-21,31,38H,4-7,11-14,16-17H2,1-2H3,(H2,30,32,33). The van der Waals surface area contributed by atoms with Gasteiger partial charge in [-0.05, 0) is 57.0 Å². The van der Waals surface area contributed by atoms with Gasteiger partial charge in [0.05, 0.1) is 30.8 Å². The molecular formula is C29H38N8O3. The smallest absolute Gasteiger partial charge is 0.164 e. The fourth-order valence-corrected chi connectivity index (χ4v) is 6.08. The Morgan fingerprint density at radius 3 is 2.50 bits per heavy atom. The van der Waals surface area contributed by atoms with E-state index in [0.29, 0.717) is 29.9 Å². The maximum absolute atomic E-state index is 9.25. The van der Waals surface area contributed by atoms with Crippen LogP contribution in [0.5, 0.6) is 5.75 Å². The average molecular weight is 547 g/mol. The van der Waals surface area contributed by atoms with Crippen molar-refractivity contribution in [2.75, 3.05) is 51.4 Å². The molecule has 11 heteroatoms. The van der Waals surface area contributed by atoms with E-state index in [2.05, 4.69) is 36.8 Å². The van der Waals surface area contributed by atoms with Gasteiger partial charge in [0.2, 0.25) is 0 Å². The minimum atomic E-state index is -0.122. The molecule has 40 heavy (non-hydrogen) atoms. The number of anilines is 2. The normalized spacial score (nSPS) is 20.7. The van der Waals surface area contributed by atoms with E-state index in [4.69, 9.17) is 20.0 Å². The van der Waals surface area contributed by atoms with Gasteiger partial charge in [-0.3, -0.25) is 4.90 Å². The fourth-order valence-electron chi connectivity index (χ4n) is 6.08. The summed E-state index contributed by atoms with van der Waals surface area (Å²) in [4.78, 5) is 14.0. The number of nitrogens with zero attached hydrogens (tertiary/aromatic N) is 6. The third kappa shape index (κ3) is 5.24. The number of nitrogens with two attached hydrogens (primary N) is 1. The van der Waals surface area contributed by atoms with Crippen LogP contribution in [0.4, 0.5) is 11.5 Å². The van der Waals surface area contributed by atoms with Crippen molar-refractivity contribution in [2.24, 2.45) is 0 Å². The Balaban J connectivity index is 1.24. The summed E-state index contributed by atoms with van der Waals surface area (Å²) in [5.74, 6) is 2.37. The molecule has 1 saturated carbocycles. The molecule has 0 bridgehead atoms. The number of rotatable bonds is 8. The maximum atomic E-state index is 9.25. The van der Waals surface area contributed by atoms with Gasteiger partial charge in [0.1, 0.15) is 41.7 Å². The number of nitrogens with one attached hydrogen (secondary N) is 1. The van der Waals surface area contributed by atoms with Crippen molar-refractivity contribution in [2.45, 2.75) is 50.9 Å². The van der Waals surface area contributed by atoms with E-state index in [1.807, 2.05) is 24.3 Å². The highest BCUT2D eigenvalue weighted by Crippen LogP contribution is 2.39. The van der Waals surface area contributed by atoms with E-state index < -0.39 is 0 Å². The van der Waals surface area contributed by atoms with Gasteiger partial charge in [-0.15, -0.1) is 0 Å². The Hall–Kier alpha value is -3.67. The second kappa shape index (κ2) is 11.4. The molecule has 4 heterocycles. The molecule has 0 atom stereocenters. The Kier molecular flexibility index (Phi) is 7.59. The molecule has 1 aromatic carbocycles. The number of ether oxygens (including phenoxy) is 1. The number of aromatic nitrogens is 4. The van der Waals surface area contributed by atoms with Gasteiger partial charge < -0.3 is 30.2 Å². The van der Waals surface area contributed by atoms with Crippen molar-refractivity contribution in [3.8, 4) is 17.0 Å². The molecular weight excluding hydrogens is 508 g/mol. The van der Waals surface area contributed by atoms with Gasteiger partial charge >= 0.3 is 0 Å². The van der Waals surface area contributed by atoms with Crippen LogP contribution in [0.15, 0.2) is 41.1 Å². The zero-order chi connectivity index (χ0) is 27.6. The average Bonchev–Trinajstić information content (AvgIpc) is 3.62. The predicted octanol–water partition coefficient (Wildman–Crippen LogP) is 3.51. The third-order valence-corrected chi connectivity index (χ3v) is 8.39. The molecule has 2 fully saturated rings. The highest BCUT2D eigenvalue weighted by molar-refractivity contribution is 5.98. The first-order chi connectivity index (χ1) is 19.5. The molecule has 1 aliphatic heterocycles. The minimum Gasteiger partial charge on any atom is -0.495 e. The fraction of sp³-hybridized carbons (Fsp3) is 0.483. The maximum Gasteiger partial charge on any atom is 0.164 e. The number of hydrogen-bond donors (Lipinski definition) is 3. The van der Waals surface area contributed by atoms with E-state index >= 15 is 0 Å². The van der Waals surface area contributed by atoms with Crippen LogP contribution in [0.1, 0.15) is 43.2 Å². The van der Waals surface area contributed by atoms with Crippen molar-refractivity contribution in [3.05, 3.63) is 48.2 Å². The zero-order valence-corrected chi connectivity index (χ0v) is 23.2. The number of furan rings is 1. The van der Waals surface area contributed by atoms with Crippen LogP contribution < -0.4 is 15.8 Å². The van der Waals surface area contributed by atoms with E-state index in [9.17, 15) is 5.11 Å². The van der Waals surface area contributed by atoms with Gasteiger partial charge in [-0.25, -0.2) is 14.6 Å². The molecule has 0 radical (unpaired) electrons. The van der Waals surface area contributed by atoms with Crippen molar-refractivity contribution in [1.82, 2.24) is 29.5 Å². The summed E-state index contributed by atoms with van der Waals surface area (Å²) in [5, 5.41) is 18.5. The molecule has 2 aliphatic rings. The van der Waals surface area contributed by atoms with E-state index in [-0.39, 0.29) is 12.6 Å². The molecule has 0 unspecified atom stereocenters. The largest absolute Gasteiger partial charge is 0.495 e. The Bertz CT molecular complexity index is 1450. The number of nitrogen functional groups attached to an aromatic ring is 1. The number of hydrogen-bond acceptors (Lipinski definition) is 10. The predicted molar refractivity (Wildman–Crippen MR) is 154 cm³/mol. The number of methoxy groups -OCH3 is 1. The number of likely N-dealkylation sites (N-methyl/N-ethyl adjacent to an activating group) is 1. The van der Waals surface area contributed by atoms with Crippen molar-refractivity contribution >= 4 is 22.5 Å². The third-order valence-electron chi connectivity index (χ3n) is 8.39. The monoisotopic (exact) mass is 546 g/mol. The lowest BCUT2D eigenvalue weighted by molar-refractivity contribution is 0.0815. The number of benzene rings is 1. The lowest BCUT2D eigenvalue weighted by Gasteiger charge is -2.41. The first-order valence-corrected chi connectivity index (χ1v) is 14.1. The lowest BCUT2D eigenvalue weighted by Crippen LogP contribution is -2.49. The van der Waals surface area contributed by atoms with Crippen LogP contribution >= 0.6 is 0 Å². The SMILES string of the molecule is COc1cc(-c2nn(C3CCC(N4CCN(C)CC4)CC3)c3ncnc(N)c23)ccc1NCc1ccc(CO)o1. The van der Waals surface area contributed by atoms with E-state index in [0.717, 1.165) is 85.6 Å². The van der Waals surface area contributed by atoms with Crippen molar-refractivity contribution in [3.63, 3.8) is 0 Å². The topological polar surface area (TPSA) is 131 Å². The summed E-state index contributed by atoms with van der Waals surface area (Å²) in [7, 11) is 3.85. The molecule has 1 aliphatic carbocycles. The lowest BCUT2D eigenvalue weighted by atomic mass is 9.90. The second-order valence-electron chi connectivity index (χ2n) is 10.8. The second-order valence-corrected chi connectivity index (χ2v) is 10.8. The van der Waals surface area contributed by atoms with Gasteiger partial charge in [0, 0.05) is 37.8 Å². The summed E-state index contributed by atoms with van der Waals surface area (Å²) in [6.07, 6.45) is 5.98. The first-order valence-electron chi connectivity index (χ1n) is 14.1. The van der Waals surface area contributed by atoms with Crippen molar-refractivity contribution in [1.29, 1.82) is 0 Å². The van der Waals surface area contributed by atoms with Crippen LogP contribution in [0.2, 0.25) is 0 Å². The van der Waals surface area contributed by atoms with Gasteiger partial charge in [0.25, 0.3) is 0 Å². The molecule has 4 aromatic rings. The first kappa shape index (κ1) is 26.5. The van der Waals surface area contributed by atoms with Gasteiger partial charge in [-0.2, -0.15) is 5.10 Å². The van der Waals surface area contributed by atoms with Crippen LogP contribution in [0.3, 0.4) is 0 Å². The minimum absolute atomic E-state index is 0.122. The molecule has 4 N–H and O–H groups in total. The van der Waals surface area contributed by atoms with Crippen LogP contribution in [-0.2, 0) is 13.2 Å². The summed E-state index contributed by atoms with van der Waals surface area (Å²) in [6, 6.07) is 10.5. The highest BCUT2D eigenvalue weighted by Gasteiger charge is 2.30. The number of fused-ring (bicyclic) bond motifs is 1.